The third-order valence-electron chi connectivity index (χ3n) is 2.72. The second-order valence-electron chi connectivity index (χ2n) is 4.17. The molecule has 1 N–H and O–H groups in total. The van der Waals surface area contributed by atoms with Gasteiger partial charge in [-0.1, -0.05) is 26.2 Å². The van der Waals surface area contributed by atoms with E-state index in [9.17, 15) is 0 Å². The number of nitrogens with zero attached hydrogens (tertiary/aromatic N) is 3. The van der Waals surface area contributed by atoms with Crippen molar-refractivity contribution in [3.63, 3.8) is 0 Å². The summed E-state index contributed by atoms with van der Waals surface area (Å²) in [5.74, 6) is 1.49. The van der Waals surface area contributed by atoms with Gasteiger partial charge < -0.3 is 4.74 Å². The van der Waals surface area contributed by atoms with Gasteiger partial charge in [-0.05, 0) is 35.9 Å². The fourth-order valence-corrected chi connectivity index (χ4v) is 1.70. The van der Waals surface area contributed by atoms with E-state index < -0.39 is 0 Å². The van der Waals surface area contributed by atoms with Crippen LogP contribution in [0.3, 0.4) is 0 Å². The Morgan fingerprint density at radius 2 is 1.94 bits per heavy atom. The number of unbranched alkanes of at least 4 members (excludes halogenated alkanes) is 3. The Kier molecular flexibility index (Phi) is 4.69. The molecule has 1 heterocycles. The third kappa shape index (κ3) is 3.55. The molecule has 0 unspecified atom stereocenters. The number of rotatable bonds is 7. The van der Waals surface area contributed by atoms with E-state index in [0.29, 0.717) is 5.82 Å². The first-order valence-corrected chi connectivity index (χ1v) is 6.37. The van der Waals surface area contributed by atoms with Crippen LogP contribution in [0.25, 0.3) is 11.4 Å². The van der Waals surface area contributed by atoms with Crippen molar-refractivity contribution in [2.45, 2.75) is 32.6 Å². The van der Waals surface area contributed by atoms with Gasteiger partial charge in [0.2, 0.25) is 5.82 Å². The van der Waals surface area contributed by atoms with E-state index in [-0.39, 0.29) is 0 Å². The topological polar surface area (TPSA) is 63.7 Å². The molecule has 0 fully saturated rings. The number of tetrazole rings is 1. The molecule has 0 saturated heterocycles. The van der Waals surface area contributed by atoms with Gasteiger partial charge in [-0.2, -0.15) is 5.21 Å². The lowest BCUT2D eigenvalue weighted by molar-refractivity contribution is 0.305. The summed E-state index contributed by atoms with van der Waals surface area (Å²) in [6.45, 7) is 2.99. The third-order valence-corrected chi connectivity index (χ3v) is 2.72. The maximum Gasteiger partial charge on any atom is 0.204 e. The fraction of sp³-hybridized carbons (Fsp3) is 0.462. The van der Waals surface area contributed by atoms with Gasteiger partial charge in [0.05, 0.1) is 6.61 Å². The first-order valence-electron chi connectivity index (χ1n) is 6.37. The summed E-state index contributed by atoms with van der Waals surface area (Å²) < 4.78 is 5.66. The van der Waals surface area contributed by atoms with Gasteiger partial charge in [0.1, 0.15) is 5.75 Å². The maximum atomic E-state index is 5.66. The summed E-state index contributed by atoms with van der Waals surface area (Å²) in [5.41, 5.74) is 0.932. The molecule has 1 aromatic heterocycles. The summed E-state index contributed by atoms with van der Waals surface area (Å²) in [6.07, 6.45) is 4.87. The van der Waals surface area contributed by atoms with Gasteiger partial charge in [-0.25, -0.2) is 0 Å². The molecule has 0 bridgehead atoms. The molecule has 0 amide bonds. The van der Waals surface area contributed by atoms with Crippen LogP contribution in [0.15, 0.2) is 24.3 Å². The van der Waals surface area contributed by atoms with Crippen molar-refractivity contribution in [2.75, 3.05) is 6.61 Å². The van der Waals surface area contributed by atoms with E-state index in [1.165, 1.54) is 19.3 Å². The summed E-state index contributed by atoms with van der Waals surface area (Å²) >= 11 is 0. The highest BCUT2D eigenvalue weighted by atomic mass is 16.5. The number of nitrogens with one attached hydrogen (secondary N) is 1. The molecule has 0 aliphatic rings. The minimum atomic E-state index is 0.601. The fourth-order valence-electron chi connectivity index (χ4n) is 1.70. The number of H-pyrrole nitrogens is 1. The Morgan fingerprint density at radius 3 is 2.61 bits per heavy atom. The van der Waals surface area contributed by atoms with Crippen molar-refractivity contribution in [3.8, 4) is 17.1 Å². The molecule has 1 aromatic carbocycles. The number of ether oxygens (including phenoxy) is 1. The van der Waals surface area contributed by atoms with Gasteiger partial charge in [0, 0.05) is 5.56 Å². The van der Waals surface area contributed by atoms with E-state index >= 15 is 0 Å². The van der Waals surface area contributed by atoms with Gasteiger partial charge in [-0.15, -0.1) is 10.2 Å². The van der Waals surface area contributed by atoms with Gasteiger partial charge in [0.25, 0.3) is 0 Å². The second kappa shape index (κ2) is 6.74. The van der Waals surface area contributed by atoms with Gasteiger partial charge in [0.15, 0.2) is 0 Å². The van der Waals surface area contributed by atoms with Gasteiger partial charge in [-0.3, -0.25) is 0 Å². The molecular weight excluding hydrogens is 228 g/mol. The Morgan fingerprint density at radius 1 is 1.11 bits per heavy atom. The molecule has 0 spiro atoms. The van der Waals surface area contributed by atoms with Gasteiger partial charge >= 0.3 is 0 Å². The Hall–Kier alpha value is -1.91. The summed E-state index contributed by atoms with van der Waals surface area (Å²) in [7, 11) is 0. The SMILES string of the molecule is CCCCCCOc1ccc(-c2nn[nH]n2)cc1. The monoisotopic (exact) mass is 246 g/mol. The molecule has 0 radical (unpaired) electrons. The molecule has 96 valence electrons. The van der Waals surface area contributed by atoms with Crippen molar-refractivity contribution in [3.05, 3.63) is 24.3 Å². The number of aromatic nitrogens is 4. The lowest BCUT2D eigenvalue weighted by Crippen LogP contribution is -1.97. The molecule has 18 heavy (non-hydrogen) atoms. The minimum Gasteiger partial charge on any atom is -0.494 e. The minimum absolute atomic E-state index is 0.601. The quantitative estimate of drug-likeness (QED) is 0.763. The first kappa shape index (κ1) is 12.5. The van der Waals surface area contributed by atoms with Crippen LogP contribution in [0.2, 0.25) is 0 Å². The zero-order valence-corrected chi connectivity index (χ0v) is 10.6. The molecule has 0 aliphatic carbocycles. The van der Waals surface area contributed by atoms with Crippen LogP contribution in [-0.2, 0) is 0 Å². The van der Waals surface area contributed by atoms with E-state index in [4.69, 9.17) is 4.74 Å². The van der Waals surface area contributed by atoms with E-state index in [0.717, 1.165) is 24.3 Å². The maximum absolute atomic E-state index is 5.66. The highest BCUT2D eigenvalue weighted by Gasteiger charge is 2.02. The molecule has 2 aromatic rings. The number of hydrogen-bond donors (Lipinski definition) is 1. The normalized spacial score (nSPS) is 10.5. The smallest absolute Gasteiger partial charge is 0.204 e. The van der Waals surface area contributed by atoms with Crippen LogP contribution in [0, 0.1) is 0 Å². The zero-order chi connectivity index (χ0) is 12.6. The Balaban J connectivity index is 1.81. The average Bonchev–Trinajstić information content (AvgIpc) is 2.93. The summed E-state index contributed by atoms with van der Waals surface area (Å²) in [5, 5.41) is 13.8. The molecule has 5 heteroatoms. The van der Waals surface area contributed by atoms with E-state index in [1.807, 2.05) is 24.3 Å². The van der Waals surface area contributed by atoms with Crippen LogP contribution in [-0.4, -0.2) is 27.2 Å². The number of hydrogen-bond acceptors (Lipinski definition) is 4. The largest absolute Gasteiger partial charge is 0.494 e. The van der Waals surface area contributed by atoms with Crippen LogP contribution < -0.4 is 4.74 Å². The zero-order valence-electron chi connectivity index (χ0n) is 10.6. The highest BCUT2D eigenvalue weighted by molar-refractivity contribution is 5.54. The van der Waals surface area contributed by atoms with Crippen LogP contribution in [0.5, 0.6) is 5.75 Å². The lowest BCUT2D eigenvalue weighted by atomic mass is 10.2. The van der Waals surface area contributed by atoms with Crippen molar-refractivity contribution in [2.24, 2.45) is 0 Å². The lowest BCUT2D eigenvalue weighted by Gasteiger charge is -2.05. The second-order valence-corrected chi connectivity index (χ2v) is 4.17. The molecule has 5 nitrogen and oxygen atoms in total. The van der Waals surface area contributed by atoms with E-state index in [2.05, 4.69) is 27.5 Å². The number of aromatic amines is 1. The molecular formula is C13H18N4O. The molecule has 0 saturated carbocycles. The standard InChI is InChI=1S/C13H18N4O/c1-2-3-4-5-10-18-12-8-6-11(7-9-12)13-14-16-17-15-13/h6-9H,2-5,10H2,1H3,(H,14,15,16,17). The van der Waals surface area contributed by atoms with Crippen molar-refractivity contribution < 1.29 is 4.74 Å². The predicted octanol–water partition coefficient (Wildman–Crippen LogP) is 2.83. The average molecular weight is 246 g/mol. The molecule has 0 atom stereocenters. The van der Waals surface area contributed by atoms with Crippen molar-refractivity contribution in [1.29, 1.82) is 0 Å². The van der Waals surface area contributed by atoms with Crippen molar-refractivity contribution >= 4 is 0 Å². The highest BCUT2D eigenvalue weighted by Crippen LogP contribution is 2.18. The van der Waals surface area contributed by atoms with Crippen molar-refractivity contribution in [1.82, 2.24) is 20.6 Å². The molecule has 2 rings (SSSR count). The van der Waals surface area contributed by atoms with Crippen LogP contribution in [0.1, 0.15) is 32.6 Å². The number of benzene rings is 1. The van der Waals surface area contributed by atoms with E-state index in [1.54, 1.807) is 0 Å². The van der Waals surface area contributed by atoms with Crippen LogP contribution in [0.4, 0.5) is 0 Å². The van der Waals surface area contributed by atoms with Crippen LogP contribution >= 0.6 is 0 Å². The predicted molar refractivity (Wildman–Crippen MR) is 69.3 cm³/mol. The first-order chi connectivity index (χ1) is 8.90. The Labute approximate surface area is 107 Å². The summed E-state index contributed by atoms with van der Waals surface area (Å²) in [4.78, 5) is 0. The molecule has 0 aliphatic heterocycles. The summed E-state index contributed by atoms with van der Waals surface area (Å²) in [6, 6.07) is 7.75. The Bertz CT molecular complexity index is 439.